The molecule has 26 heavy (non-hydrogen) atoms. The molecule has 0 spiro atoms. The first-order valence-electron chi connectivity index (χ1n) is 8.17. The summed E-state index contributed by atoms with van der Waals surface area (Å²) < 4.78 is 29.0. The lowest BCUT2D eigenvalue weighted by Gasteiger charge is -2.09. The highest BCUT2D eigenvalue weighted by atomic mass is 19.1. The molecule has 0 aliphatic heterocycles. The van der Waals surface area contributed by atoms with E-state index in [-0.39, 0.29) is 17.5 Å². The Hall–Kier alpha value is -3.28. The van der Waals surface area contributed by atoms with Crippen LogP contribution in [0.1, 0.15) is 17.0 Å². The average Bonchev–Trinajstić information content (AvgIpc) is 3.18. The van der Waals surface area contributed by atoms with Crippen LogP contribution in [0.25, 0.3) is 0 Å². The number of benzene rings is 2. The van der Waals surface area contributed by atoms with Crippen LogP contribution in [0.5, 0.6) is 11.5 Å². The Morgan fingerprint density at radius 2 is 1.73 bits per heavy atom. The summed E-state index contributed by atoms with van der Waals surface area (Å²) in [6, 6.07) is 16.2. The van der Waals surface area contributed by atoms with Crippen LogP contribution in [0.4, 0.5) is 10.1 Å². The summed E-state index contributed by atoms with van der Waals surface area (Å²) in [4.78, 5) is 12.0. The third kappa shape index (κ3) is 5.11. The molecule has 0 atom stereocenters. The Balaban J connectivity index is 1.42. The highest BCUT2D eigenvalue weighted by Gasteiger charge is 2.08. The first-order chi connectivity index (χ1) is 12.7. The molecular weight excluding hydrogens is 337 g/mol. The monoisotopic (exact) mass is 355 g/mol. The van der Waals surface area contributed by atoms with Gasteiger partial charge in [-0.3, -0.25) is 4.79 Å². The van der Waals surface area contributed by atoms with Crippen molar-refractivity contribution in [1.29, 1.82) is 0 Å². The van der Waals surface area contributed by atoms with Gasteiger partial charge in [-0.2, -0.15) is 0 Å². The van der Waals surface area contributed by atoms with E-state index in [1.165, 1.54) is 18.4 Å². The zero-order valence-corrected chi connectivity index (χ0v) is 14.0. The molecule has 0 saturated carbocycles. The van der Waals surface area contributed by atoms with Gasteiger partial charge >= 0.3 is 0 Å². The van der Waals surface area contributed by atoms with Crippen LogP contribution < -0.4 is 14.8 Å². The summed E-state index contributed by atoms with van der Waals surface area (Å²) in [6.07, 6.45) is 2.11. The van der Waals surface area contributed by atoms with Crippen molar-refractivity contribution in [2.75, 3.05) is 18.5 Å². The first kappa shape index (κ1) is 17.5. The van der Waals surface area contributed by atoms with E-state index < -0.39 is 0 Å². The van der Waals surface area contributed by atoms with E-state index in [1.807, 2.05) is 6.07 Å². The summed E-state index contributed by atoms with van der Waals surface area (Å²) in [5.41, 5.74) is 0.617. The Morgan fingerprint density at radius 1 is 0.962 bits per heavy atom. The van der Waals surface area contributed by atoms with Crippen LogP contribution in [0.3, 0.4) is 0 Å². The van der Waals surface area contributed by atoms with Crippen molar-refractivity contribution in [2.45, 2.75) is 6.42 Å². The standard InChI is InChI=1S/C20H18FNO4/c21-15-7-9-17(10-8-15)24-12-3-13-25-18-5-1-4-16(14-18)22-20(23)19-6-2-11-26-19/h1-2,4-11,14H,3,12-13H2,(H,22,23). The number of anilines is 1. The number of halogens is 1. The van der Waals surface area contributed by atoms with E-state index in [4.69, 9.17) is 13.9 Å². The third-order valence-corrected chi connectivity index (χ3v) is 3.48. The number of amides is 1. The fraction of sp³-hybridized carbons (Fsp3) is 0.150. The van der Waals surface area contributed by atoms with E-state index in [9.17, 15) is 9.18 Å². The molecule has 1 heterocycles. The Bertz CT molecular complexity index is 831. The van der Waals surface area contributed by atoms with Crippen molar-refractivity contribution in [3.8, 4) is 11.5 Å². The van der Waals surface area contributed by atoms with Crippen LogP contribution in [-0.2, 0) is 0 Å². The molecule has 0 aliphatic rings. The second-order valence-corrected chi connectivity index (χ2v) is 5.46. The van der Waals surface area contributed by atoms with Crippen LogP contribution in [0.15, 0.2) is 71.3 Å². The van der Waals surface area contributed by atoms with Gasteiger partial charge in [-0.1, -0.05) is 6.07 Å². The molecule has 3 rings (SSSR count). The van der Waals surface area contributed by atoms with Crippen LogP contribution in [-0.4, -0.2) is 19.1 Å². The maximum absolute atomic E-state index is 12.8. The van der Waals surface area contributed by atoms with Gasteiger partial charge < -0.3 is 19.2 Å². The van der Waals surface area contributed by atoms with Crippen molar-refractivity contribution in [3.05, 3.63) is 78.5 Å². The molecule has 1 amide bonds. The molecule has 0 radical (unpaired) electrons. The molecule has 0 unspecified atom stereocenters. The number of furan rings is 1. The molecule has 0 aliphatic carbocycles. The van der Waals surface area contributed by atoms with Gasteiger partial charge in [0.1, 0.15) is 17.3 Å². The Morgan fingerprint density at radius 3 is 2.46 bits per heavy atom. The molecule has 0 bridgehead atoms. The minimum Gasteiger partial charge on any atom is -0.493 e. The number of ether oxygens (including phenoxy) is 2. The lowest BCUT2D eigenvalue weighted by Crippen LogP contribution is -2.11. The molecule has 134 valence electrons. The third-order valence-electron chi connectivity index (χ3n) is 3.48. The summed E-state index contributed by atoms with van der Waals surface area (Å²) in [7, 11) is 0. The van der Waals surface area contributed by atoms with E-state index in [1.54, 1.807) is 42.5 Å². The first-order valence-corrected chi connectivity index (χ1v) is 8.17. The molecule has 2 aromatic carbocycles. The summed E-state index contributed by atoms with van der Waals surface area (Å²) in [5, 5.41) is 2.74. The zero-order chi connectivity index (χ0) is 18.2. The predicted octanol–water partition coefficient (Wildman–Crippen LogP) is 4.52. The minimum absolute atomic E-state index is 0.245. The van der Waals surface area contributed by atoms with Gasteiger partial charge in [0.15, 0.2) is 5.76 Å². The lowest BCUT2D eigenvalue weighted by atomic mass is 10.3. The molecule has 1 N–H and O–H groups in total. The van der Waals surface area contributed by atoms with Gasteiger partial charge in [0.25, 0.3) is 5.91 Å². The molecule has 5 nitrogen and oxygen atoms in total. The number of carbonyl (C=O) groups excluding carboxylic acids is 1. The molecule has 6 heteroatoms. The average molecular weight is 355 g/mol. The van der Waals surface area contributed by atoms with Crippen molar-refractivity contribution < 1.29 is 23.1 Å². The second-order valence-electron chi connectivity index (χ2n) is 5.46. The highest BCUT2D eigenvalue weighted by molar-refractivity contribution is 6.02. The van der Waals surface area contributed by atoms with Crippen molar-refractivity contribution in [3.63, 3.8) is 0 Å². The van der Waals surface area contributed by atoms with Gasteiger partial charge in [-0.25, -0.2) is 4.39 Å². The van der Waals surface area contributed by atoms with Crippen molar-refractivity contribution in [1.82, 2.24) is 0 Å². The van der Waals surface area contributed by atoms with E-state index >= 15 is 0 Å². The maximum Gasteiger partial charge on any atom is 0.291 e. The summed E-state index contributed by atoms with van der Waals surface area (Å²) in [5.74, 6) is 0.895. The van der Waals surface area contributed by atoms with Gasteiger partial charge in [-0.05, 0) is 48.5 Å². The molecular formula is C20H18FNO4. The molecule has 1 aromatic heterocycles. The fourth-order valence-electron chi connectivity index (χ4n) is 2.23. The summed E-state index contributed by atoms with van der Waals surface area (Å²) in [6.45, 7) is 0.914. The van der Waals surface area contributed by atoms with Crippen LogP contribution in [0, 0.1) is 5.82 Å². The van der Waals surface area contributed by atoms with Gasteiger partial charge in [-0.15, -0.1) is 0 Å². The number of hydrogen-bond donors (Lipinski definition) is 1. The van der Waals surface area contributed by atoms with E-state index in [0.29, 0.717) is 36.8 Å². The molecule has 0 fully saturated rings. The fourth-order valence-corrected chi connectivity index (χ4v) is 2.23. The highest BCUT2D eigenvalue weighted by Crippen LogP contribution is 2.18. The topological polar surface area (TPSA) is 60.7 Å². The Labute approximate surface area is 150 Å². The maximum atomic E-state index is 12.8. The lowest BCUT2D eigenvalue weighted by molar-refractivity contribution is 0.0996. The number of rotatable bonds is 8. The smallest absolute Gasteiger partial charge is 0.291 e. The molecule has 3 aromatic rings. The van der Waals surface area contributed by atoms with Crippen molar-refractivity contribution in [2.24, 2.45) is 0 Å². The van der Waals surface area contributed by atoms with E-state index in [0.717, 1.165) is 0 Å². The zero-order valence-electron chi connectivity index (χ0n) is 14.0. The number of hydrogen-bond acceptors (Lipinski definition) is 4. The van der Waals surface area contributed by atoms with Gasteiger partial charge in [0.2, 0.25) is 0 Å². The van der Waals surface area contributed by atoms with Crippen LogP contribution >= 0.6 is 0 Å². The van der Waals surface area contributed by atoms with Crippen molar-refractivity contribution >= 4 is 11.6 Å². The second kappa shape index (κ2) is 8.71. The SMILES string of the molecule is O=C(Nc1cccc(OCCCOc2ccc(F)cc2)c1)c1ccco1. The quantitative estimate of drug-likeness (QED) is 0.604. The normalized spacial score (nSPS) is 10.3. The largest absolute Gasteiger partial charge is 0.493 e. The molecule has 0 saturated heterocycles. The number of nitrogens with one attached hydrogen (secondary N) is 1. The minimum atomic E-state index is -0.320. The predicted molar refractivity (Wildman–Crippen MR) is 95.1 cm³/mol. The number of carbonyl (C=O) groups is 1. The van der Waals surface area contributed by atoms with Gasteiger partial charge in [0.05, 0.1) is 19.5 Å². The van der Waals surface area contributed by atoms with E-state index in [2.05, 4.69) is 5.32 Å². The van der Waals surface area contributed by atoms with Crippen LogP contribution in [0.2, 0.25) is 0 Å². The summed E-state index contributed by atoms with van der Waals surface area (Å²) >= 11 is 0. The Kier molecular flexibility index (Phi) is 5.88. The van der Waals surface area contributed by atoms with Gasteiger partial charge in [0, 0.05) is 18.2 Å².